The fourth-order valence-electron chi connectivity index (χ4n) is 4.19. The quantitative estimate of drug-likeness (QED) is 0.304. The Morgan fingerprint density at radius 1 is 0.541 bits per heavy atom. The smallest absolute Gasteiger partial charge is 0.143 e. The predicted octanol–water partition coefficient (Wildman–Crippen LogP) is 4.37. The number of rotatable bonds is 8. The molecule has 0 amide bonds. The van der Waals surface area contributed by atoms with Crippen molar-refractivity contribution < 1.29 is 14.9 Å². The number of fused-ring (bicyclic) bond motifs is 2. The second kappa shape index (κ2) is 9.71. The average Bonchev–Trinajstić information content (AvgIpc) is 3.54. The van der Waals surface area contributed by atoms with Crippen molar-refractivity contribution in [3.05, 3.63) is 96.1 Å². The molecule has 0 aliphatic heterocycles. The molecule has 0 bridgehead atoms. The number of ether oxygens (including phenoxy) is 1. The van der Waals surface area contributed by atoms with Gasteiger partial charge in [0.05, 0.1) is 13.2 Å². The van der Waals surface area contributed by atoms with Crippen LogP contribution in [0.2, 0.25) is 0 Å². The zero-order chi connectivity index (χ0) is 25.2. The molecule has 37 heavy (non-hydrogen) atoms. The van der Waals surface area contributed by atoms with Crippen molar-refractivity contribution in [2.24, 2.45) is 0 Å². The molecule has 184 valence electrons. The predicted molar refractivity (Wildman–Crippen MR) is 139 cm³/mol. The van der Waals surface area contributed by atoms with Crippen LogP contribution in [0.15, 0.2) is 84.9 Å². The first-order valence-corrected chi connectivity index (χ1v) is 12.0. The Bertz CT molecular complexity index is 1520. The number of benzene rings is 4. The van der Waals surface area contributed by atoms with Crippen LogP contribution in [0.1, 0.15) is 11.1 Å². The number of hydrogen-bond donors (Lipinski definition) is 2. The molecular formula is C28H24N6O3. The number of aromatic nitrogens is 6. The molecule has 0 fully saturated rings. The van der Waals surface area contributed by atoms with Gasteiger partial charge in [-0.15, -0.1) is 30.0 Å². The highest BCUT2D eigenvalue weighted by Crippen LogP contribution is 2.25. The van der Waals surface area contributed by atoms with Gasteiger partial charge in [0.1, 0.15) is 44.9 Å². The summed E-state index contributed by atoms with van der Waals surface area (Å²) in [5.41, 5.74) is 6.16. The van der Waals surface area contributed by atoms with Crippen molar-refractivity contribution in [3.63, 3.8) is 0 Å². The lowest BCUT2D eigenvalue weighted by Crippen LogP contribution is -2.05. The SMILES string of the molecule is Oc1ccc(CCOCCc2ccc(O)c(-n3nc4ccccc4n3)c2)cc1-n1nc2ccccc2n1. The number of aromatic hydroxyl groups is 2. The van der Waals surface area contributed by atoms with Crippen molar-refractivity contribution in [3.8, 4) is 22.9 Å². The van der Waals surface area contributed by atoms with Gasteiger partial charge in [0.15, 0.2) is 0 Å². The molecule has 6 rings (SSSR count). The maximum Gasteiger partial charge on any atom is 0.143 e. The van der Waals surface area contributed by atoms with Gasteiger partial charge in [0.2, 0.25) is 0 Å². The van der Waals surface area contributed by atoms with Gasteiger partial charge in [-0.05, 0) is 72.5 Å². The van der Waals surface area contributed by atoms with E-state index >= 15 is 0 Å². The zero-order valence-corrected chi connectivity index (χ0v) is 19.9. The summed E-state index contributed by atoms with van der Waals surface area (Å²) in [6, 6.07) is 26.0. The minimum absolute atomic E-state index is 0.118. The van der Waals surface area contributed by atoms with Gasteiger partial charge in [-0.1, -0.05) is 36.4 Å². The lowest BCUT2D eigenvalue weighted by molar-refractivity contribution is 0.140. The summed E-state index contributed by atoms with van der Waals surface area (Å²) in [5, 5.41) is 38.6. The second-order valence-electron chi connectivity index (χ2n) is 8.71. The van der Waals surface area contributed by atoms with Crippen LogP contribution in [-0.4, -0.2) is 53.4 Å². The normalized spacial score (nSPS) is 11.5. The van der Waals surface area contributed by atoms with E-state index in [0.29, 0.717) is 37.4 Å². The molecule has 9 nitrogen and oxygen atoms in total. The fraction of sp³-hybridized carbons (Fsp3) is 0.143. The van der Waals surface area contributed by atoms with E-state index in [2.05, 4.69) is 20.4 Å². The highest BCUT2D eigenvalue weighted by molar-refractivity contribution is 5.74. The summed E-state index contributed by atoms with van der Waals surface area (Å²) in [6.45, 7) is 1.05. The van der Waals surface area contributed by atoms with E-state index in [4.69, 9.17) is 4.74 Å². The van der Waals surface area contributed by atoms with Gasteiger partial charge in [0, 0.05) is 0 Å². The maximum atomic E-state index is 10.4. The molecule has 4 aromatic carbocycles. The molecule has 0 aliphatic rings. The summed E-state index contributed by atoms with van der Waals surface area (Å²) in [4.78, 5) is 2.93. The van der Waals surface area contributed by atoms with Crippen LogP contribution in [0.4, 0.5) is 0 Å². The first-order chi connectivity index (χ1) is 18.1. The van der Waals surface area contributed by atoms with E-state index in [1.807, 2.05) is 72.8 Å². The fourth-order valence-corrected chi connectivity index (χ4v) is 4.19. The van der Waals surface area contributed by atoms with Crippen LogP contribution >= 0.6 is 0 Å². The highest BCUT2D eigenvalue weighted by Gasteiger charge is 2.11. The third-order valence-electron chi connectivity index (χ3n) is 6.15. The van der Waals surface area contributed by atoms with Crippen molar-refractivity contribution in [2.45, 2.75) is 12.8 Å². The summed E-state index contributed by atoms with van der Waals surface area (Å²) in [7, 11) is 0. The van der Waals surface area contributed by atoms with Gasteiger partial charge in [-0.3, -0.25) is 0 Å². The van der Waals surface area contributed by atoms with Gasteiger partial charge < -0.3 is 14.9 Å². The third kappa shape index (κ3) is 4.72. The minimum atomic E-state index is 0.118. The second-order valence-corrected chi connectivity index (χ2v) is 8.71. The standard InChI is InChI=1S/C28H24N6O3/c35-27-11-9-19(17-25(27)33-29-21-5-1-2-6-22(21)30-33)13-15-37-16-14-20-10-12-28(36)26(18-20)34-31-23-7-3-4-8-24(23)32-34/h1-12,17-18,35-36H,13-16H2. The van der Waals surface area contributed by atoms with Gasteiger partial charge in [-0.25, -0.2) is 0 Å². The molecule has 0 atom stereocenters. The van der Waals surface area contributed by atoms with Crippen molar-refractivity contribution >= 4 is 22.1 Å². The molecular weight excluding hydrogens is 468 g/mol. The number of nitrogens with zero attached hydrogens (tertiary/aromatic N) is 6. The third-order valence-corrected chi connectivity index (χ3v) is 6.15. The molecule has 0 radical (unpaired) electrons. The number of hydrogen-bond acceptors (Lipinski definition) is 7. The zero-order valence-electron chi connectivity index (χ0n) is 19.9. The molecule has 2 heterocycles. The van der Waals surface area contributed by atoms with E-state index < -0.39 is 0 Å². The molecule has 0 aliphatic carbocycles. The van der Waals surface area contributed by atoms with Crippen LogP contribution in [0.5, 0.6) is 11.5 Å². The van der Waals surface area contributed by atoms with E-state index in [9.17, 15) is 10.2 Å². The average molecular weight is 493 g/mol. The topological polar surface area (TPSA) is 111 Å². The van der Waals surface area contributed by atoms with Gasteiger partial charge in [0.25, 0.3) is 0 Å². The number of phenols is 2. The van der Waals surface area contributed by atoms with Gasteiger partial charge >= 0.3 is 0 Å². The van der Waals surface area contributed by atoms with E-state index in [0.717, 1.165) is 33.2 Å². The molecule has 0 saturated carbocycles. The summed E-state index contributed by atoms with van der Waals surface area (Å²) >= 11 is 0. The molecule has 0 spiro atoms. The Balaban J connectivity index is 1.07. The molecule has 0 saturated heterocycles. The maximum absolute atomic E-state index is 10.4. The summed E-state index contributed by atoms with van der Waals surface area (Å²) in [5.74, 6) is 0.236. The lowest BCUT2D eigenvalue weighted by Gasteiger charge is -2.09. The first kappa shape index (κ1) is 22.7. The number of phenolic OH excluding ortho intramolecular Hbond substituents is 2. The van der Waals surface area contributed by atoms with Crippen LogP contribution in [0.25, 0.3) is 33.4 Å². The first-order valence-electron chi connectivity index (χ1n) is 12.0. The largest absolute Gasteiger partial charge is 0.506 e. The van der Waals surface area contributed by atoms with Crippen LogP contribution < -0.4 is 0 Å². The van der Waals surface area contributed by atoms with E-state index in [1.165, 1.54) is 9.59 Å². The monoisotopic (exact) mass is 492 g/mol. The Morgan fingerprint density at radius 3 is 1.30 bits per heavy atom. The van der Waals surface area contributed by atoms with E-state index in [1.54, 1.807) is 12.1 Å². The summed E-state index contributed by atoms with van der Waals surface area (Å²) < 4.78 is 5.89. The van der Waals surface area contributed by atoms with Crippen LogP contribution in [0.3, 0.4) is 0 Å². The Kier molecular flexibility index (Phi) is 5.95. The molecule has 2 aromatic heterocycles. The van der Waals surface area contributed by atoms with Gasteiger partial charge in [-0.2, -0.15) is 0 Å². The molecule has 9 heteroatoms. The van der Waals surface area contributed by atoms with E-state index in [-0.39, 0.29) is 11.5 Å². The van der Waals surface area contributed by atoms with Crippen molar-refractivity contribution in [2.75, 3.05) is 13.2 Å². The molecule has 6 aromatic rings. The Morgan fingerprint density at radius 2 is 0.919 bits per heavy atom. The Labute approximate surface area is 212 Å². The molecule has 2 N–H and O–H groups in total. The van der Waals surface area contributed by atoms with Crippen molar-refractivity contribution in [1.82, 2.24) is 30.0 Å². The molecule has 0 unspecified atom stereocenters. The van der Waals surface area contributed by atoms with Crippen molar-refractivity contribution in [1.29, 1.82) is 0 Å². The minimum Gasteiger partial charge on any atom is -0.506 e. The lowest BCUT2D eigenvalue weighted by atomic mass is 10.1. The summed E-state index contributed by atoms with van der Waals surface area (Å²) in [6.07, 6.45) is 1.36. The highest BCUT2D eigenvalue weighted by atomic mass is 16.5. The Hall–Kier alpha value is -4.76. The van der Waals surface area contributed by atoms with Crippen LogP contribution in [0, 0.1) is 0 Å². The van der Waals surface area contributed by atoms with Crippen LogP contribution in [-0.2, 0) is 17.6 Å².